The van der Waals surface area contributed by atoms with E-state index in [1.54, 1.807) is 13.8 Å². The van der Waals surface area contributed by atoms with Crippen LogP contribution in [-0.4, -0.2) is 24.0 Å². The number of carboxylic acids is 1. The maximum absolute atomic E-state index is 10.5. The first-order chi connectivity index (χ1) is 5.46. The summed E-state index contributed by atoms with van der Waals surface area (Å²) in [6, 6.07) is 0. The molecule has 1 rings (SSSR count). The van der Waals surface area contributed by atoms with Crippen molar-refractivity contribution >= 4 is 5.97 Å². The number of carboxylic acid groups (broad SMARTS) is 1. The second-order valence-corrected chi connectivity index (χ2v) is 3.32. The van der Waals surface area contributed by atoms with Gasteiger partial charge in [-0.05, 0) is 20.3 Å². The Bertz CT molecular complexity index is 193. The molecule has 0 saturated carbocycles. The predicted molar refractivity (Wildman–Crippen MR) is 39.1 cm³/mol. The zero-order valence-electron chi connectivity index (χ0n) is 8.49. The second kappa shape index (κ2) is 4.75. The van der Waals surface area contributed by atoms with Crippen molar-refractivity contribution in [3.63, 3.8) is 0 Å². The van der Waals surface area contributed by atoms with E-state index < -0.39 is 17.9 Å². The maximum atomic E-state index is 10.5. The third kappa shape index (κ3) is 3.22. The zero-order chi connectivity index (χ0) is 9.35. The Morgan fingerprint density at radius 2 is 2.00 bits per heavy atom. The van der Waals surface area contributed by atoms with E-state index in [0.717, 1.165) is 0 Å². The predicted octanol–water partition coefficient (Wildman–Crippen LogP) is -3.33. The summed E-state index contributed by atoms with van der Waals surface area (Å²) in [6.07, 6.45) is -0.697. The van der Waals surface area contributed by atoms with E-state index in [2.05, 4.69) is 0 Å². The summed E-state index contributed by atoms with van der Waals surface area (Å²) in [7, 11) is 0. The van der Waals surface area contributed by atoms with Gasteiger partial charge in [-0.1, -0.05) is 6.92 Å². The standard InChI is InChI=1S/C8H14O4.Na/c1-4-5-6(7(9)10)12-8(2,3)11-5;/h5-6H,4H2,1-3H3,(H,9,10);/q;+1/p-1/t5-,6?;/m1./s1. The van der Waals surface area contributed by atoms with Crippen LogP contribution in [0.1, 0.15) is 27.2 Å². The van der Waals surface area contributed by atoms with Crippen molar-refractivity contribution in [1.29, 1.82) is 0 Å². The molecule has 0 aromatic carbocycles. The molecule has 0 aliphatic carbocycles. The fourth-order valence-electron chi connectivity index (χ4n) is 1.33. The number of ether oxygens (including phenoxy) is 2. The molecule has 0 aromatic rings. The van der Waals surface area contributed by atoms with E-state index in [-0.39, 0.29) is 35.7 Å². The molecule has 5 heteroatoms. The number of carbonyl (C=O) groups is 1. The van der Waals surface area contributed by atoms with Gasteiger partial charge in [-0.15, -0.1) is 0 Å². The summed E-state index contributed by atoms with van der Waals surface area (Å²) >= 11 is 0. The van der Waals surface area contributed by atoms with E-state index in [1.165, 1.54) is 0 Å². The fraction of sp³-hybridized carbons (Fsp3) is 0.875. The second-order valence-electron chi connectivity index (χ2n) is 3.32. The van der Waals surface area contributed by atoms with Gasteiger partial charge in [-0.2, -0.15) is 0 Å². The van der Waals surface area contributed by atoms with Gasteiger partial charge in [0.1, 0.15) is 6.10 Å². The minimum Gasteiger partial charge on any atom is -0.547 e. The quantitative estimate of drug-likeness (QED) is 0.433. The molecule has 1 aliphatic rings. The number of rotatable bonds is 2. The molecule has 2 atom stereocenters. The molecule has 1 unspecified atom stereocenters. The van der Waals surface area contributed by atoms with Gasteiger partial charge in [-0.3, -0.25) is 0 Å². The Morgan fingerprint density at radius 3 is 2.31 bits per heavy atom. The van der Waals surface area contributed by atoms with Gasteiger partial charge in [0.25, 0.3) is 0 Å². The SMILES string of the molecule is CC[C@H]1OC(C)(C)OC1C(=O)[O-].[Na+]. The van der Waals surface area contributed by atoms with Gasteiger partial charge in [0.15, 0.2) is 5.79 Å². The van der Waals surface area contributed by atoms with Crippen LogP contribution in [0.3, 0.4) is 0 Å². The van der Waals surface area contributed by atoms with Crippen LogP contribution in [0.15, 0.2) is 0 Å². The third-order valence-corrected chi connectivity index (χ3v) is 1.82. The van der Waals surface area contributed by atoms with Crippen LogP contribution in [0.4, 0.5) is 0 Å². The molecule has 1 heterocycles. The maximum Gasteiger partial charge on any atom is 1.00 e. The van der Waals surface area contributed by atoms with E-state index in [9.17, 15) is 9.90 Å². The molecular formula is C8H13NaO4. The summed E-state index contributed by atoms with van der Waals surface area (Å²) < 4.78 is 10.5. The first kappa shape index (κ1) is 13.4. The fourth-order valence-corrected chi connectivity index (χ4v) is 1.33. The van der Waals surface area contributed by atoms with Gasteiger partial charge < -0.3 is 19.4 Å². The molecule has 0 radical (unpaired) electrons. The summed E-state index contributed by atoms with van der Waals surface area (Å²) in [4.78, 5) is 10.5. The Labute approximate surface area is 99.9 Å². The molecule has 1 fully saturated rings. The first-order valence-corrected chi connectivity index (χ1v) is 4.03. The van der Waals surface area contributed by atoms with Crippen molar-refractivity contribution in [3.05, 3.63) is 0 Å². The molecule has 70 valence electrons. The average Bonchev–Trinajstić information content (AvgIpc) is 2.25. The molecular weight excluding hydrogens is 183 g/mol. The van der Waals surface area contributed by atoms with Crippen molar-refractivity contribution in [2.75, 3.05) is 0 Å². The zero-order valence-corrected chi connectivity index (χ0v) is 10.5. The molecule has 1 aliphatic heterocycles. The van der Waals surface area contributed by atoms with E-state index >= 15 is 0 Å². The topological polar surface area (TPSA) is 58.6 Å². The number of hydrogen-bond donors (Lipinski definition) is 0. The molecule has 1 saturated heterocycles. The van der Waals surface area contributed by atoms with Crippen molar-refractivity contribution < 1.29 is 48.9 Å². The van der Waals surface area contributed by atoms with Crippen molar-refractivity contribution in [1.82, 2.24) is 0 Å². The van der Waals surface area contributed by atoms with Gasteiger partial charge in [0, 0.05) is 0 Å². The van der Waals surface area contributed by atoms with Crippen LogP contribution < -0.4 is 34.7 Å². The van der Waals surface area contributed by atoms with E-state index in [0.29, 0.717) is 6.42 Å². The monoisotopic (exact) mass is 196 g/mol. The Kier molecular flexibility index (Phi) is 4.90. The Hall–Kier alpha value is 0.390. The number of hydrogen-bond acceptors (Lipinski definition) is 4. The van der Waals surface area contributed by atoms with Gasteiger partial charge >= 0.3 is 29.6 Å². The molecule has 0 spiro atoms. The third-order valence-electron chi connectivity index (χ3n) is 1.82. The largest absolute Gasteiger partial charge is 1.00 e. The van der Waals surface area contributed by atoms with Crippen LogP contribution in [0.25, 0.3) is 0 Å². The van der Waals surface area contributed by atoms with E-state index in [4.69, 9.17) is 9.47 Å². The molecule has 0 bridgehead atoms. The minimum atomic E-state index is -1.20. The average molecular weight is 196 g/mol. The molecule has 0 aromatic heterocycles. The molecule has 0 amide bonds. The molecule has 0 N–H and O–H groups in total. The summed E-state index contributed by atoms with van der Waals surface area (Å²) in [6.45, 7) is 5.24. The number of aliphatic carboxylic acids is 1. The first-order valence-electron chi connectivity index (χ1n) is 4.03. The van der Waals surface area contributed by atoms with Crippen molar-refractivity contribution in [2.45, 2.75) is 45.2 Å². The minimum absolute atomic E-state index is 0. The van der Waals surface area contributed by atoms with Crippen molar-refractivity contribution in [2.24, 2.45) is 0 Å². The number of carbonyl (C=O) groups excluding carboxylic acids is 1. The van der Waals surface area contributed by atoms with Crippen molar-refractivity contribution in [3.8, 4) is 0 Å². The van der Waals surface area contributed by atoms with Crippen LogP contribution in [0.2, 0.25) is 0 Å². The molecule has 13 heavy (non-hydrogen) atoms. The Balaban J connectivity index is 0.00000144. The van der Waals surface area contributed by atoms with Gasteiger partial charge in [0.2, 0.25) is 0 Å². The normalized spacial score (nSPS) is 31.0. The van der Waals surface area contributed by atoms with Crippen LogP contribution in [-0.2, 0) is 14.3 Å². The summed E-state index contributed by atoms with van der Waals surface area (Å²) in [5.74, 6) is -2.00. The Morgan fingerprint density at radius 1 is 1.46 bits per heavy atom. The van der Waals surface area contributed by atoms with Gasteiger partial charge in [0.05, 0.1) is 12.1 Å². The van der Waals surface area contributed by atoms with E-state index in [1.807, 2.05) is 6.92 Å². The van der Waals surface area contributed by atoms with Crippen LogP contribution >= 0.6 is 0 Å². The van der Waals surface area contributed by atoms with Crippen LogP contribution in [0.5, 0.6) is 0 Å². The van der Waals surface area contributed by atoms with Gasteiger partial charge in [-0.25, -0.2) is 0 Å². The van der Waals surface area contributed by atoms with Crippen LogP contribution in [0, 0.1) is 0 Å². The molecule has 4 nitrogen and oxygen atoms in total. The summed E-state index contributed by atoms with van der Waals surface area (Å²) in [5, 5.41) is 10.5. The summed E-state index contributed by atoms with van der Waals surface area (Å²) in [5.41, 5.74) is 0. The smallest absolute Gasteiger partial charge is 0.547 e.